The highest BCUT2D eigenvalue weighted by Crippen LogP contribution is 2.18. The summed E-state index contributed by atoms with van der Waals surface area (Å²) < 4.78 is 1.61. The summed E-state index contributed by atoms with van der Waals surface area (Å²) in [6, 6.07) is 13.9. The Bertz CT molecular complexity index is 886. The quantitative estimate of drug-likeness (QED) is 0.668. The first-order valence-electron chi connectivity index (χ1n) is 8.15. The molecule has 0 bridgehead atoms. The van der Waals surface area contributed by atoms with Crippen molar-refractivity contribution >= 4 is 16.8 Å². The molecule has 1 atom stereocenters. The lowest BCUT2D eigenvalue weighted by atomic mass is 10.00. The SMILES string of the molecule is Cn1cc(C(C)(O)CNC(=O)NCc2ccc3ccccc3c2)cn1. The van der Waals surface area contributed by atoms with Gasteiger partial charge in [0.15, 0.2) is 0 Å². The van der Waals surface area contributed by atoms with Crippen LogP contribution in [0.25, 0.3) is 10.8 Å². The summed E-state index contributed by atoms with van der Waals surface area (Å²) in [6.07, 6.45) is 3.32. The van der Waals surface area contributed by atoms with Crippen molar-refractivity contribution < 1.29 is 9.90 Å². The Hall–Kier alpha value is -2.86. The number of fused-ring (bicyclic) bond motifs is 1. The third-order valence-corrected chi connectivity index (χ3v) is 4.19. The van der Waals surface area contributed by atoms with Crippen LogP contribution < -0.4 is 10.6 Å². The molecule has 3 N–H and O–H groups in total. The average Bonchev–Trinajstić information content (AvgIpc) is 3.05. The summed E-state index contributed by atoms with van der Waals surface area (Å²) in [5, 5.41) is 22.3. The Morgan fingerprint density at radius 3 is 2.68 bits per heavy atom. The van der Waals surface area contributed by atoms with E-state index in [0.29, 0.717) is 12.1 Å². The van der Waals surface area contributed by atoms with Gasteiger partial charge in [0.1, 0.15) is 5.60 Å². The lowest BCUT2D eigenvalue weighted by Crippen LogP contribution is -2.43. The largest absolute Gasteiger partial charge is 0.383 e. The zero-order valence-electron chi connectivity index (χ0n) is 14.4. The molecule has 0 saturated heterocycles. The van der Waals surface area contributed by atoms with Gasteiger partial charge in [-0.25, -0.2) is 4.79 Å². The van der Waals surface area contributed by atoms with Gasteiger partial charge in [-0.2, -0.15) is 5.10 Å². The summed E-state index contributed by atoms with van der Waals surface area (Å²) in [6.45, 7) is 2.17. The van der Waals surface area contributed by atoms with E-state index in [2.05, 4.69) is 27.9 Å². The molecule has 2 amide bonds. The van der Waals surface area contributed by atoms with E-state index in [9.17, 15) is 9.90 Å². The second-order valence-corrected chi connectivity index (χ2v) is 6.39. The number of urea groups is 1. The Labute approximate surface area is 146 Å². The maximum atomic E-state index is 12.0. The van der Waals surface area contributed by atoms with Crippen LogP contribution in [0, 0.1) is 0 Å². The van der Waals surface area contributed by atoms with Crippen molar-refractivity contribution in [2.45, 2.75) is 19.1 Å². The summed E-state index contributed by atoms with van der Waals surface area (Å²) in [4.78, 5) is 12.0. The topological polar surface area (TPSA) is 79.2 Å². The van der Waals surface area contributed by atoms with Gasteiger partial charge in [-0.3, -0.25) is 4.68 Å². The molecule has 3 aromatic rings. The van der Waals surface area contributed by atoms with E-state index >= 15 is 0 Å². The standard InChI is InChI=1S/C19H22N4O2/c1-19(25,17-11-22-23(2)12-17)13-21-18(24)20-10-14-7-8-15-5-3-4-6-16(15)9-14/h3-9,11-12,25H,10,13H2,1-2H3,(H2,20,21,24). The van der Waals surface area contributed by atoms with Crippen LogP contribution in [-0.4, -0.2) is 27.5 Å². The minimum atomic E-state index is -1.17. The molecule has 1 heterocycles. The van der Waals surface area contributed by atoms with Crippen molar-refractivity contribution in [3.8, 4) is 0 Å². The summed E-state index contributed by atoms with van der Waals surface area (Å²) in [5.74, 6) is 0. The number of carbonyl (C=O) groups is 1. The molecule has 0 spiro atoms. The van der Waals surface area contributed by atoms with E-state index in [0.717, 1.165) is 10.9 Å². The molecule has 6 nitrogen and oxygen atoms in total. The molecule has 0 aliphatic heterocycles. The monoisotopic (exact) mass is 338 g/mol. The third kappa shape index (κ3) is 4.16. The summed E-state index contributed by atoms with van der Waals surface area (Å²) in [7, 11) is 1.78. The Balaban J connectivity index is 1.53. The Morgan fingerprint density at radius 1 is 1.20 bits per heavy atom. The van der Waals surface area contributed by atoms with Crippen molar-refractivity contribution in [3.05, 3.63) is 66.0 Å². The third-order valence-electron chi connectivity index (χ3n) is 4.19. The maximum Gasteiger partial charge on any atom is 0.315 e. The fourth-order valence-electron chi connectivity index (χ4n) is 2.65. The van der Waals surface area contributed by atoms with E-state index in [1.165, 1.54) is 5.39 Å². The minimum Gasteiger partial charge on any atom is -0.383 e. The Kier molecular flexibility index (Phi) is 4.72. The highest BCUT2D eigenvalue weighted by Gasteiger charge is 2.25. The van der Waals surface area contributed by atoms with E-state index < -0.39 is 5.60 Å². The predicted octanol–water partition coefficient (Wildman–Crippen LogP) is 2.28. The molecule has 1 unspecified atom stereocenters. The van der Waals surface area contributed by atoms with Crippen LogP contribution in [0.5, 0.6) is 0 Å². The first kappa shape index (κ1) is 17.0. The van der Waals surface area contributed by atoms with Gasteiger partial charge >= 0.3 is 6.03 Å². The lowest BCUT2D eigenvalue weighted by Gasteiger charge is -2.22. The van der Waals surface area contributed by atoms with Crippen molar-refractivity contribution in [1.29, 1.82) is 0 Å². The van der Waals surface area contributed by atoms with Gasteiger partial charge in [0.25, 0.3) is 0 Å². The second kappa shape index (κ2) is 6.94. The van der Waals surface area contributed by atoms with Crippen molar-refractivity contribution in [2.75, 3.05) is 6.54 Å². The number of benzene rings is 2. The van der Waals surface area contributed by atoms with E-state index in [4.69, 9.17) is 0 Å². The number of amides is 2. The highest BCUT2D eigenvalue weighted by molar-refractivity contribution is 5.83. The summed E-state index contributed by atoms with van der Waals surface area (Å²) >= 11 is 0. The van der Waals surface area contributed by atoms with Crippen LogP contribution >= 0.6 is 0 Å². The molecule has 0 saturated carbocycles. The number of hydrogen-bond donors (Lipinski definition) is 3. The van der Waals surface area contributed by atoms with Crippen molar-refractivity contribution in [1.82, 2.24) is 20.4 Å². The first-order valence-corrected chi connectivity index (χ1v) is 8.15. The molecule has 6 heteroatoms. The van der Waals surface area contributed by atoms with Crippen LogP contribution in [0.2, 0.25) is 0 Å². The molecule has 25 heavy (non-hydrogen) atoms. The van der Waals surface area contributed by atoms with Gasteiger partial charge in [0.2, 0.25) is 0 Å². The number of carbonyl (C=O) groups excluding carboxylic acids is 1. The van der Waals surface area contributed by atoms with E-state index in [1.54, 1.807) is 31.0 Å². The number of nitrogens with one attached hydrogen (secondary N) is 2. The molecular formula is C19H22N4O2. The van der Waals surface area contributed by atoms with Crippen LogP contribution in [0.1, 0.15) is 18.1 Å². The predicted molar refractivity (Wildman–Crippen MR) is 97.0 cm³/mol. The number of nitrogens with zero attached hydrogens (tertiary/aromatic N) is 2. The molecule has 130 valence electrons. The van der Waals surface area contributed by atoms with Crippen LogP contribution in [0.15, 0.2) is 54.9 Å². The van der Waals surface area contributed by atoms with Gasteiger partial charge in [0.05, 0.1) is 12.7 Å². The van der Waals surface area contributed by atoms with Crippen LogP contribution in [0.3, 0.4) is 0 Å². The van der Waals surface area contributed by atoms with Crippen LogP contribution in [0.4, 0.5) is 4.79 Å². The van der Waals surface area contributed by atoms with E-state index in [-0.39, 0.29) is 12.6 Å². The lowest BCUT2D eigenvalue weighted by molar-refractivity contribution is 0.0593. The fraction of sp³-hybridized carbons (Fsp3) is 0.263. The molecule has 0 fully saturated rings. The number of aromatic nitrogens is 2. The molecule has 3 rings (SSSR count). The molecular weight excluding hydrogens is 316 g/mol. The van der Waals surface area contributed by atoms with Gasteiger partial charge in [0, 0.05) is 25.4 Å². The molecule has 0 aliphatic carbocycles. The molecule has 0 radical (unpaired) electrons. The van der Waals surface area contributed by atoms with Crippen molar-refractivity contribution in [3.63, 3.8) is 0 Å². The smallest absolute Gasteiger partial charge is 0.315 e. The van der Waals surface area contributed by atoms with E-state index in [1.807, 2.05) is 30.3 Å². The first-order chi connectivity index (χ1) is 11.9. The van der Waals surface area contributed by atoms with Crippen LogP contribution in [-0.2, 0) is 19.2 Å². The minimum absolute atomic E-state index is 0.0995. The number of aryl methyl sites for hydroxylation is 1. The number of rotatable bonds is 5. The molecule has 1 aromatic heterocycles. The van der Waals surface area contributed by atoms with Gasteiger partial charge in [-0.1, -0.05) is 36.4 Å². The Morgan fingerprint density at radius 2 is 1.96 bits per heavy atom. The second-order valence-electron chi connectivity index (χ2n) is 6.39. The number of aliphatic hydroxyl groups is 1. The van der Waals surface area contributed by atoms with Gasteiger partial charge in [-0.05, 0) is 29.3 Å². The normalized spacial score (nSPS) is 13.4. The summed E-state index contributed by atoms with van der Waals surface area (Å²) in [5.41, 5.74) is 0.506. The van der Waals surface area contributed by atoms with Crippen molar-refractivity contribution in [2.24, 2.45) is 7.05 Å². The number of hydrogen-bond acceptors (Lipinski definition) is 3. The van der Waals surface area contributed by atoms with Gasteiger partial charge in [-0.15, -0.1) is 0 Å². The maximum absolute atomic E-state index is 12.0. The zero-order chi connectivity index (χ0) is 17.9. The van der Waals surface area contributed by atoms with Gasteiger partial charge < -0.3 is 15.7 Å². The fourth-order valence-corrected chi connectivity index (χ4v) is 2.65. The molecule has 2 aromatic carbocycles. The molecule has 0 aliphatic rings. The average molecular weight is 338 g/mol. The highest BCUT2D eigenvalue weighted by atomic mass is 16.3. The zero-order valence-corrected chi connectivity index (χ0v) is 14.4.